The molecule has 0 atom stereocenters. The molecule has 0 spiro atoms. The minimum atomic E-state index is -6.18. The zero-order valence-corrected chi connectivity index (χ0v) is 18.1. The second-order valence-electron chi connectivity index (χ2n) is 6.96. The fourth-order valence-corrected chi connectivity index (χ4v) is 3.44. The quantitative estimate of drug-likeness (QED) is 0.220. The number of aromatic nitrogens is 3. The molecule has 0 saturated heterocycles. The Morgan fingerprint density at radius 1 is 1.18 bits per heavy atom. The van der Waals surface area contributed by atoms with Crippen LogP contribution in [0.3, 0.4) is 0 Å². The van der Waals surface area contributed by atoms with Gasteiger partial charge in [-0.15, -0.1) is 5.10 Å². The molecule has 0 fully saturated rings. The van der Waals surface area contributed by atoms with Crippen molar-refractivity contribution in [2.45, 2.75) is 32.2 Å². The number of benzene rings is 1. The number of halogens is 5. The number of fused-ring (bicyclic) bond motifs is 1. The highest BCUT2D eigenvalue weighted by molar-refractivity contribution is 7.88. The molecule has 14 heteroatoms. The highest BCUT2D eigenvalue weighted by Crippen LogP contribution is 2.38. The van der Waals surface area contributed by atoms with Gasteiger partial charge in [0.25, 0.3) is 5.88 Å². The number of ether oxygens (including phenoxy) is 1. The van der Waals surface area contributed by atoms with Crippen molar-refractivity contribution in [1.29, 1.82) is 0 Å². The lowest BCUT2D eigenvalue weighted by Crippen LogP contribution is -2.28. The summed E-state index contributed by atoms with van der Waals surface area (Å²) in [6, 6.07) is 2.29. The van der Waals surface area contributed by atoms with E-state index in [4.69, 9.17) is 4.74 Å². The third-order valence-electron chi connectivity index (χ3n) is 4.37. The summed E-state index contributed by atoms with van der Waals surface area (Å²) >= 11 is 0. The van der Waals surface area contributed by atoms with Gasteiger partial charge in [0, 0.05) is 6.20 Å². The van der Waals surface area contributed by atoms with E-state index in [-0.39, 0.29) is 29.1 Å². The summed E-state index contributed by atoms with van der Waals surface area (Å²) in [6.45, 7) is 4.83. The summed E-state index contributed by atoms with van der Waals surface area (Å²) in [5, 5.41) is 3.79. The SMILES string of the molecule is CCOC(=O)c1cnc2c(-c3ccc(F)c(F)c3)c(OS(=O)(=O)C(F)(F)F)nn2c1C(C)C. The number of carbonyl (C=O) groups excluding carboxylic acids is 1. The lowest BCUT2D eigenvalue weighted by atomic mass is 10.0. The molecule has 8 nitrogen and oxygen atoms in total. The van der Waals surface area contributed by atoms with Crippen LogP contribution < -0.4 is 4.18 Å². The monoisotopic (exact) mass is 493 g/mol. The topological polar surface area (TPSA) is 99.9 Å². The van der Waals surface area contributed by atoms with Crippen molar-refractivity contribution >= 4 is 21.7 Å². The molecule has 0 radical (unpaired) electrons. The number of hydrogen-bond donors (Lipinski definition) is 0. The van der Waals surface area contributed by atoms with Crippen molar-refractivity contribution in [3.63, 3.8) is 0 Å². The van der Waals surface area contributed by atoms with Gasteiger partial charge in [-0.05, 0) is 30.5 Å². The van der Waals surface area contributed by atoms with Gasteiger partial charge in [0.1, 0.15) is 0 Å². The predicted molar refractivity (Wildman–Crippen MR) is 104 cm³/mol. The molecule has 3 aromatic rings. The average molecular weight is 493 g/mol. The second-order valence-corrected chi connectivity index (χ2v) is 8.50. The highest BCUT2D eigenvalue weighted by Gasteiger charge is 2.49. The van der Waals surface area contributed by atoms with Gasteiger partial charge in [0.15, 0.2) is 17.3 Å². The van der Waals surface area contributed by atoms with Crippen LogP contribution >= 0.6 is 0 Å². The molecule has 0 aliphatic rings. The summed E-state index contributed by atoms with van der Waals surface area (Å²) in [5.74, 6) is -4.98. The Labute approximate surface area is 184 Å². The van der Waals surface area contributed by atoms with Gasteiger partial charge in [-0.3, -0.25) is 0 Å². The van der Waals surface area contributed by atoms with Crippen LogP contribution in [0.5, 0.6) is 5.88 Å². The van der Waals surface area contributed by atoms with E-state index in [2.05, 4.69) is 14.3 Å². The Kier molecular flexibility index (Phi) is 6.33. The first-order valence-corrected chi connectivity index (χ1v) is 10.7. The minimum Gasteiger partial charge on any atom is -0.462 e. The molecule has 0 bridgehead atoms. The number of rotatable bonds is 6. The summed E-state index contributed by atoms with van der Waals surface area (Å²) < 4.78 is 99.6. The molecule has 0 aliphatic heterocycles. The van der Waals surface area contributed by atoms with E-state index in [1.54, 1.807) is 20.8 Å². The molecule has 2 heterocycles. The van der Waals surface area contributed by atoms with Crippen LogP contribution in [-0.4, -0.2) is 41.1 Å². The number of alkyl halides is 3. The van der Waals surface area contributed by atoms with E-state index in [0.29, 0.717) is 12.1 Å². The Hall–Kier alpha value is -3.29. The van der Waals surface area contributed by atoms with Crippen LogP contribution in [-0.2, 0) is 14.9 Å². The first-order valence-electron chi connectivity index (χ1n) is 9.33. The van der Waals surface area contributed by atoms with Crippen molar-refractivity contribution in [1.82, 2.24) is 14.6 Å². The van der Waals surface area contributed by atoms with E-state index in [0.717, 1.165) is 16.8 Å². The lowest BCUT2D eigenvalue weighted by Gasteiger charge is -2.13. The fourth-order valence-electron chi connectivity index (χ4n) is 3.02. The molecular formula is C19H16F5N3O5S. The van der Waals surface area contributed by atoms with Crippen LogP contribution in [0.25, 0.3) is 16.8 Å². The summed E-state index contributed by atoms with van der Waals surface area (Å²) in [5.41, 5.74) is -6.74. The standard InChI is InChI=1S/C19H16F5N3O5S/c1-4-31-18(28)11-8-25-16-14(10-5-6-12(20)13(21)7-10)17(26-27(16)15(11)9(2)3)32-33(29,30)19(22,23)24/h5-9H,4H2,1-3H3. The van der Waals surface area contributed by atoms with Crippen molar-refractivity contribution in [2.24, 2.45) is 0 Å². The molecule has 33 heavy (non-hydrogen) atoms. The lowest BCUT2D eigenvalue weighted by molar-refractivity contribution is -0.0501. The van der Waals surface area contributed by atoms with E-state index in [9.17, 15) is 35.2 Å². The first kappa shape index (κ1) is 24.4. The van der Waals surface area contributed by atoms with Gasteiger partial charge in [-0.2, -0.15) is 21.6 Å². The third kappa shape index (κ3) is 4.47. The van der Waals surface area contributed by atoms with Crippen molar-refractivity contribution < 1.29 is 44.1 Å². The molecule has 3 rings (SSSR count). The van der Waals surface area contributed by atoms with Crippen LogP contribution in [0.2, 0.25) is 0 Å². The Bertz CT molecular complexity index is 1340. The van der Waals surface area contributed by atoms with Gasteiger partial charge >= 0.3 is 21.6 Å². The highest BCUT2D eigenvalue weighted by atomic mass is 32.2. The van der Waals surface area contributed by atoms with Crippen molar-refractivity contribution in [3.05, 3.63) is 47.3 Å². The van der Waals surface area contributed by atoms with Gasteiger partial charge in [-0.25, -0.2) is 23.1 Å². The molecular weight excluding hydrogens is 477 g/mol. The molecule has 0 N–H and O–H groups in total. The van der Waals surface area contributed by atoms with Crippen LogP contribution in [0.15, 0.2) is 24.4 Å². The van der Waals surface area contributed by atoms with Gasteiger partial charge < -0.3 is 8.92 Å². The average Bonchev–Trinajstić information content (AvgIpc) is 3.05. The molecule has 0 unspecified atom stereocenters. The molecule has 0 amide bonds. The van der Waals surface area contributed by atoms with E-state index >= 15 is 0 Å². The molecule has 178 valence electrons. The molecule has 1 aromatic carbocycles. The molecule has 2 aromatic heterocycles. The second kappa shape index (κ2) is 8.57. The normalized spacial score (nSPS) is 12.4. The minimum absolute atomic E-state index is 0.0196. The Morgan fingerprint density at radius 2 is 1.85 bits per heavy atom. The van der Waals surface area contributed by atoms with Gasteiger partial charge in [-0.1, -0.05) is 19.9 Å². The van der Waals surface area contributed by atoms with E-state index in [1.165, 1.54) is 0 Å². The van der Waals surface area contributed by atoms with Gasteiger partial charge in [0.2, 0.25) is 0 Å². The fraction of sp³-hybridized carbons (Fsp3) is 0.316. The van der Waals surface area contributed by atoms with E-state index < -0.39 is 50.6 Å². The largest absolute Gasteiger partial charge is 0.534 e. The van der Waals surface area contributed by atoms with Crippen LogP contribution in [0.1, 0.15) is 42.7 Å². The number of carbonyl (C=O) groups is 1. The van der Waals surface area contributed by atoms with Crippen molar-refractivity contribution in [2.75, 3.05) is 6.61 Å². The third-order valence-corrected chi connectivity index (χ3v) is 5.32. The number of nitrogens with zero attached hydrogens (tertiary/aromatic N) is 3. The van der Waals surface area contributed by atoms with E-state index in [1.807, 2.05) is 0 Å². The van der Waals surface area contributed by atoms with Crippen LogP contribution in [0, 0.1) is 11.6 Å². The maximum atomic E-state index is 13.9. The summed E-state index contributed by atoms with van der Waals surface area (Å²) in [7, 11) is -6.18. The zero-order chi connectivity index (χ0) is 24.7. The smallest absolute Gasteiger partial charge is 0.462 e. The predicted octanol–water partition coefficient (Wildman–Crippen LogP) is 4.20. The molecule has 0 saturated carbocycles. The molecule has 0 aliphatic carbocycles. The number of hydrogen-bond acceptors (Lipinski definition) is 7. The Balaban J connectivity index is 2.39. The van der Waals surface area contributed by atoms with Gasteiger partial charge in [0.05, 0.1) is 23.4 Å². The summed E-state index contributed by atoms with van der Waals surface area (Å²) in [4.78, 5) is 16.3. The number of esters is 1. The maximum Gasteiger partial charge on any atom is 0.534 e. The van der Waals surface area contributed by atoms with Crippen LogP contribution in [0.4, 0.5) is 22.0 Å². The first-order chi connectivity index (χ1) is 15.3. The van der Waals surface area contributed by atoms with Crippen molar-refractivity contribution in [3.8, 4) is 17.0 Å². The maximum absolute atomic E-state index is 13.9. The summed E-state index contributed by atoms with van der Waals surface area (Å²) in [6.07, 6.45) is 1.07. The zero-order valence-electron chi connectivity index (χ0n) is 17.3. The Morgan fingerprint density at radius 3 is 2.39 bits per heavy atom.